The Kier molecular flexibility index (Phi) is 16.2. The van der Waals surface area contributed by atoms with Crippen molar-refractivity contribution < 1.29 is 25.8 Å². The molecule has 0 atom stereocenters. The fraction of sp³-hybridized carbons (Fsp3) is 0.231. The summed E-state index contributed by atoms with van der Waals surface area (Å²) in [7, 11) is 1.20. The first-order valence-corrected chi connectivity index (χ1v) is 10.5. The smallest absolute Gasteiger partial charge is 0.358 e. The van der Waals surface area contributed by atoms with Gasteiger partial charge in [-0.2, -0.15) is 12.1 Å². The van der Waals surface area contributed by atoms with Gasteiger partial charge in [0.2, 0.25) is 0 Å². The molecule has 0 spiro atoms. The van der Waals surface area contributed by atoms with E-state index in [9.17, 15) is 0 Å². The number of fused-ring (bicyclic) bond motifs is 2. The molecule has 0 saturated heterocycles. The molecule has 0 bridgehead atoms. The third-order valence-corrected chi connectivity index (χ3v) is 5.02. The Bertz CT molecular complexity index is 745. The number of benzene rings is 2. The molecule has 2 radical (unpaired) electrons. The van der Waals surface area contributed by atoms with Crippen molar-refractivity contribution >= 4 is 31.1 Å². The van der Waals surface area contributed by atoms with Crippen LogP contribution in [0, 0.1) is 28.7 Å². The van der Waals surface area contributed by atoms with Crippen LogP contribution >= 0.6 is 0 Å². The Labute approximate surface area is 194 Å². The van der Waals surface area contributed by atoms with Crippen LogP contribution in [0.25, 0.3) is 21.5 Å². The maximum atomic E-state index is 2.22. The summed E-state index contributed by atoms with van der Waals surface area (Å²) in [6.45, 7) is 8.70. The van der Waals surface area contributed by atoms with Gasteiger partial charge in [0.05, 0.1) is 0 Å². The molecule has 146 valence electrons. The van der Waals surface area contributed by atoms with Crippen molar-refractivity contribution in [3.63, 3.8) is 0 Å². The van der Waals surface area contributed by atoms with Crippen molar-refractivity contribution in [3.8, 4) is 0 Å². The van der Waals surface area contributed by atoms with Gasteiger partial charge in [0.15, 0.2) is 0 Å². The van der Waals surface area contributed by atoms with Crippen molar-refractivity contribution in [2.45, 2.75) is 39.8 Å². The molecule has 0 heterocycles. The Balaban J connectivity index is 0. The summed E-state index contributed by atoms with van der Waals surface area (Å²) in [4.78, 5) is 0. The molecule has 0 N–H and O–H groups in total. The first kappa shape index (κ1) is 29.0. The number of aryl methyl sites for hydroxylation is 2. The van der Waals surface area contributed by atoms with E-state index in [1.54, 1.807) is 0 Å². The normalized spacial score (nSPS) is 9.00. The molecule has 0 aromatic heterocycles. The van der Waals surface area contributed by atoms with Gasteiger partial charge in [-0.3, -0.25) is 0 Å². The van der Waals surface area contributed by atoms with Gasteiger partial charge >= 0.3 is 25.8 Å². The molecule has 4 aromatic rings. The fourth-order valence-electron chi connectivity index (χ4n) is 2.86. The fourth-order valence-corrected chi connectivity index (χ4v) is 3.36. The molecule has 0 fully saturated rings. The zero-order chi connectivity index (χ0) is 18.1. The van der Waals surface area contributed by atoms with Crippen LogP contribution in [0.15, 0.2) is 72.8 Å². The number of hydrogen-bond donors (Lipinski definition) is 0. The maximum absolute atomic E-state index is 2.22. The van der Waals surface area contributed by atoms with Gasteiger partial charge in [0, 0.05) is 9.52 Å². The van der Waals surface area contributed by atoms with E-state index in [1.807, 2.05) is 0 Å². The van der Waals surface area contributed by atoms with E-state index >= 15 is 0 Å². The van der Waals surface area contributed by atoms with Gasteiger partial charge in [0.1, 0.15) is 0 Å². The van der Waals surface area contributed by atoms with Crippen LogP contribution in [0.5, 0.6) is 0 Å². The standard InChI is InChI=1S/2C10H9.C4H10Si.2CH3.Hf/c2*1-8-6-9-4-2-3-5-10(9)7-8;1-3-5-4-2;;;/h2*2-7H,1H3;3-4H2,1-2H3;2*1H3;/q2*-1;;2*-1;+4. The van der Waals surface area contributed by atoms with Gasteiger partial charge < -0.3 is 14.9 Å². The first-order chi connectivity index (χ1) is 12.1. The zero-order valence-corrected chi connectivity index (χ0v) is 22.9. The van der Waals surface area contributed by atoms with E-state index in [1.165, 1.54) is 54.3 Å². The van der Waals surface area contributed by atoms with Crippen molar-refractivity contribution in [2.75, 3.05) is 0 Å². The van der Waals surface area contributed by atoms with Crippen LogP contribution in [-0.2, 0) is 25.8 Å². The summed E-state index contributed by atoms with van der Waals surface area (Å²) < 4.78 is 0. The van der Waals surface area contributed by atoms with Crippen molar-refractivity contribution in [1.82, 2.24) is 0 Å². The number of rotatable bonds is 2. The molecule has 4 rings (SSSR count). The summed E-state index contributed by atoms with van der Waals surface area (Å²) in [5, 5.41) is 5.39. The Morgan fingerprint density at radius 3 is 1.32 bits per heavy atom. The topological polar surface area (TPSA) is 0 Å². The Morgan fingerprint density at radius 1 is 0.679 bits per heavy atom. The van der Waals surface area contributed by atoms with E-state index in [4.69, 9.17) is 0 Å². The van der Waals surface area contributed by atoms with Crippen LogP contribution in [-0.4, -0.2) is 9.52 Å². The summed E-state index contributed by atoms with van der Waals surface area (Å²) in [6, 6.07) is 28.4. The molecular formula is C26H34HfSi. The summed E-state index contributed by atoms with van der Waals surface area (Å²) in [6.07, 6.45) is 0. The molecule has 0 nitrogen and oxygen atoms in total. The summed E-state index contributed by atoms with van der Waals surface area (Å²) >= 11 is 0. The quantitative estimate of drug-likeness (QED) is 0.174. The van der Waals surface area contributed by atoms with E-state index in [-0.39, 0.29) is 40.7 Å². The second kappa shape index (κ2) is 15.6. The third-order valence-electron chi connectivity index (χ3n) is 4.02. The third kappa shape index (κ3) is 9.30. The largest absolute Gasteiger partial charge is 4.00 e. The second-order valence-corrected chi connectivity index (χ2v) is 8.19. The molecule has 0 aliphatic heterocycles. The average Bonchev–Trinajstić information content (AvgIpc) is 3.17. The van der Waals surface area contributed by atoms with Gasteiger partial charge in [-0.25, -0.2) is 0 Å². The second-order valence-electron chi connectivity index (χ2n) is 6.28. The number of hydrogen-bond acceptors (Lipinski definition) is 0. The molecule has 4 aromatic carbocycles. The van der Waals surface area contributed by atoms with E-state index < -0.39 is 0 Å². The van der Waals surface area contributed by atoms with E-state index in [2.05, 4.69) is 100 Å². The molecule has 0 unspecified atom stereocenters. The van der Waals surface area contributed by atoms with Crippen molar-refractivity contribution in [1.29, 1.82) is 0 Å². The molecule has 28 heavy (non-hydrogen) atoms. The van der Waals surface area contributed by atoms with Crippen LogP contribution in [0.4, 0.5) is 0 Å². The SMILES string of the molecule is CC[Si]CC.Cc1cc2ccccc2[cH-]1.Cc1cc2ccccc2[cH-]1.[CH3-].[CH3-].[Hf+4]. The van der Waals surface area contributed by atoms with Gasteiger partial charge in [-0.1, -0.05) is 51.9 Å². The minimum absolute atomic E-state index is 0. The van der Waals surface area contributed by atoms with Crippen molar-refractivity contribution in [3.05, 3.63) is 98.8 Å². The molecule has 0 aliphatic carbocycles. The average molecular weight is 553 g/mol. The van der Waals surface area contributed by atoms with Crippen LogP contribution in [0.3, 0.4) is 0 Å². The molecule has 0 amide bonds. The molecular weight excluding hydrogens is 519 g/mol. The first-order valence-electron chi connectivity index (χ1n) is 9.09. The van der Waals surface area contributed by atoms with Crippen LogP contribution in [0.1, 0.15) is 25.0 Å². The van der Waals surface area contributed by atoms with E-state index in [0.29, 0.717) is 0 Å². The molecule has 0 saturated carbocycles. The molecule has 2 heteroatoms. The Morgan fingerprint density at radius 2 is 1.04 bits per heavy atom. The minimum atomic E-state index is 0. The van der Waals surface area contributed by atoms with Gasteiger partial charge in [-0.15, -0.1) is 81.2 Å². The summed E-state index contributed by atoms with van der Waals surface area (Å²) in [5.74, 6) is 0. The van der Waals surface area contributed by atoms with Crippen LogP contribution in [0.2, 0.25) is 12.1 Å². The van der Waals surface area contributed by atoms with Gasteiger partial charge in [0.25, 0.3) is 0 Å². The zero-order valence-electron chi connectivity index (χ0n) is 18.3. The Hall–Kier alpha value is -1.25. The predicted molar refractivity (Wildman–Crippen MR) is 128 cm³/mol. The predicted octanol–water partition coefficient (Wildman–Crippen LogP) is 8.20. The molecule has 0 aliphatic rings. The van der Waals surface area contributed by atoms with E-state index in [0.717, 1.165) is 0 Å². The minimum Gasteiger partial charge on any atom is -0.358 e. The monoisotopic (exact) mass is 554 g/mol. The maximum Gasteiger partial charge on any atom is 4.00 e. The van der Waals surface area contributed by atoms with Gasteiger partial charge in [-0.05, 0) is 0 Å². The van der Waals surface area contributed by atoms with Crippen LogP contribution < -0.4 is 0 Å². The summed E-state index contributed by atoms with van der Waals surface area (Å²) in [5.41, 5.74) is 2.70. The van der Waals surface area contributed by atoms with Crippen molar-refractivity contribution in [2.24, 2.45) is 0 Å².